The van der Waals surface area contributed by atoms with Crippen LogP contribution in [0.1, 0.15) is 49.4 Å². The molecule has 1 fully saturated rings. The number of fused-ring (bicyclic) bond motifs is 1. The summed E-state index contributed by atoms with van der Waals surface area (Å²) in [5, 5.41) is 16.4. The molecule has 0 amide bonds. The van der Waals surface area contributed by atoms with Gasteiger partial charge in [0.05, 0.1) is 0 Å². The maximum absolute atomic E-state index is 6.28. The van der Waals surface area contributed by atoms with E-state index in [2.05, 4.69) is 56.4 Å². The average molecular weight is 430 g/mol. The molecule has 2 aliphatic heterocycles. The van der Waals surface area contributed by atoms with Gasteiger partial charge in [-0.2, -0.15) is 0 Å². The van der Waals surface area contributed by atoms with Crippen LogP contribution in [0.3, 0.4) is 0 Å². The number of hydrogen-bond donors (Lipinski definition) is 2. The highest BCUT2D eigenvalue weighted by Gasteiger charge is 2.30. The molecule has 0 saturated carbocycles. The lowest BCUT2D eigenvalue weighted by molar-refractivity contribution is 0.122. The quantitative estimate of drug-likeness (QED) is 0.545. The summed E-state index contributed by atoms with van der Waals surface area (Å²) >= 11 is 6.28. The van der Waals surface area contributed by atoms with Gasteiger partial charge in [0.25, 0.3) is 0 Å². The summed E-state index contributed by atoms with van der Waals surface area (Å²) in [6, 6.07) is 8.64. The number of piperidine rings is 1. The van der Waals surface area contributed by atoms with Gasteiger partial charge in [-0.05, 0) is 63.4 Å². The molecule has 1 aromatic heterocycles. The Labute approximate surface area is 183 Å². The molecule has 8 heteroatoms. The first-order valence-electron chi connectivity index (χ1n) is 11.0. The van der Waals surface area contributed by atoms with Crippen LogP contribution in [-0.2, 0) is 19.5 Å². The third kappa shape index (κ3) is 4.78. The van der Waals surface area contributed by atoms with Gasteiger partial charge in [0.2, 0.25) is 0 Å². The van der Waals surface area contributed by atoms with Crippen LogP contribution in [0.15, 0.2) is 29.3 Å². The molecule has 0 radical (unpaired) electrons. The van der Waals surface area contributed by atoms with Gasteiger partial charge in [-0.15, -0.1) is 10.2 Å². The Morgan fingerprint density at radius 2 is 2.13 bits per heavy atom. The van der Waals surface area contributed by atoms with Crippen LogP contribution >= 0.6 is 11.6 Å². The summed E-state index contributed by atoms with van der Waals surface area (Å²) in [6.45, 7) is 6.45. The Kier molecular flexibility index (Phi) is 6.89. The van der Waals surface area contributed by atoms with Crippen molar-refractivity contribution in [1.29, 1.82) is 0 Å². The van der Waals surface area contributed by atoms with Crippen LogP contribution in [0, 0.1) is 5.92 Å². The predicted octanol–water partition coefficient (Wildman–Crippen LogP) is 3.02. The standard InChI is InChI=1S/C22H32ClN7/c1-3-24-22(26-15-20-28-27-19-10-6-12-30(19)20)25-14-17-8-5-11-29(2)21(17)16-7-4-9-18(23)13-16/h4,7,9,13,17,21H,3,5-6,8,10-12,14-15H2,1-2H3,(H2,24,25,26). The van der Waals surface area contributed by atoms with E-state index in [4.69, 9.17) is 16.6 Å². The molecule has 3 heterocycles. The van der Waals surface area contributed by atoms with Crippen LogP contribution < -0.4 is 10.6 Å². The largest absolute Gasteiger partial charge is 0.357 e. The van der Waals surface area contributed by atoms with Gasteiger partial charge in [0.1, 0.15) is 12.4 Å². The van der Waals surface area contributed by atoms with E-state index in [-0.39, 0.29) is 0 Å². The van der Waals surface area contributed by atoms with Gasteiger partial charge in [0, 0.05) is 37.1 Å². The second kappa shape index (κ2) is 9.79. The highest BCUT2D eigenvalue weighted by molar-refractivity contribution is 6.30. The summed E-state index contributed by atoms with van der Waals surface area (Å²) in [6.07, 6.45) is 4.57. The first kappa shape index (κ1) is 21.1. The maximum Gasteiger partial charge on any atom is 0.191 e. The molecule has 1 aromatic carbocycles. The second-order valence-electron chi connectivity index (χ2n) is 8.25. The van der Waals surface area contributed by atoms with Crippen molar-refractivity contribution in [2.24, 2.45) is 10.9 Å². The third-order valence-electron chi connectivity index (χ3n) is 6.14. The number of benzene rings is 1. The van der Waals surface area contributed by atoms with E-state index >= 15 is 0 Å². The van der Waals surface area contributed by atoms with Gasteiger partial charge in [-0.1, -0.05) is 23.7 Å². The van der Waals surface area contributed by atoms with Crippen LogP contribution in [0.25, 0.3) is 0 Å². The number of nitrogens with one attached hydrogen (secondary N) is 2. The SMILES string of the molecule is CCNC(=NCc1nnc2n1CCC2)NCC1CCCN(C)C1c1cccc(Cl)c1. The van der Waals surface area contributed by atoms with Crippen molar-refractivity contribution in [3.8, 4) is 0 Å². The lowest BCUT2D eigenvalue weighted by Crippen LogP contribution is -2.45. The zero-order valence-electron chi connectivity index (χ0n) is 17.9. The Morgan fingerprint density at radius 3 is 2.97 bits per heavy atom. The van der Waals surface area contributed by atoms with Crippen LogP contribution in [-0.4, -0.2) is 52.3 Å². The lowest BCUT2D eigenvalue weighted by atomic mass is 9.85. The molecule has 0 spiro atoms. The summed E-state index contributed by atoms with van der Waals surface area (Å²) in [7, 11) is 2.21. The molecule has 4 rings (SSSR count). The fourth-order valence-electron chi connectivity index (χ4n) is 4.74. The molecule has 1 saturated heterocycles. The Hall–Kier alpha value is -2.12. The van der Waals surface area contributed by atoms with Crippen molar-refractivity contribution >= 4 is 17.6 Å². The van der Waals surface area contributed by atoms with E-state index in [1.54, 1.807) is 0 Å². The molecule has 2 N–H and O–H groups in total. The van der Waals surface area contributed by atoms with Crippen molar-refractivity contribution in [2.45, 2.75) is 51.7 Å². The van der Waals surface area contributed by atoms with Gasteiger partial charge in [0.15, 0.2) is 11.8 Å². The van der Waals surface area contributed by atoms with E-state index < -0.39 is 0 Å². The minimum absolute atomic E-state index is 0.354. The molecular formula is C22H32ClN7. The van der Waals surface area contributed by atoms with Crippen molar-refractivity contribution in [1.82, 2.24) is 30.3 Å². The van der Waals surface area contributed by atoms with E-state index in [0.717, 1.165) is 61.7 Å². The second-order valence-corrected chi connectivity index (χ2v) is 8.68. The number of aryl methyl sites for hydroxylation is 1. The number of hydrogen-bond acceptors (Lipinski definition) is 4. The minimum atomic E-state index is 0.354. The number of nitrogens with zero attached hydrogens (tertiary/aromatic N) is 5. The van der Waals surface area contributed by atoms with Crippen LogP contribution in [0.5, 0.6) is 0 Å². The summed E-state index contributed by atoms with van der Waals surface area (Å²) in [4.78, 5) is 7.23. The van der Waals surface area contributed by atoms with Crippen molar-refractivity contribution in [3.63, 3.8) is 0 Å². The fraction of sp³-hybridized carbons (Fsp3) is 0.591. The zero-order chi connectivity index (χ0) is 20.9. The van der Waals surface area contributed by atoms with E-state index in [1.807, 2.05) is 12.1 Å². The zero-order valence-corrected chi connectivity index (χ0v) is 18.7. The molecule has 2 aromatic rings. The molecule has 0 aliphatic carbocycles. The molecule has 162 valence electrons. The summed E-state index contributed by atoms with van der Waals surface area (Å²) in [5.41, 5.74) is 1.29. The van der Waals surface area contributed by atoms with Crippen LogP contribution in [0.4, 0.5) is 0 Å². The Morgan fingerprint density at radius 1 is 1.23 bits per heavy atom. The normalized spacial score (nSPS) is 22.2. The predicted molar refractivity (Wildman–Crippen MR) is 121 cm³/mol. The van der Waals surface area contributed by atoms with E-state index in [9.17, 15) is 0 Å². The van der Waals surface area contributed by atoms with Gasteiger partial charge in [-0.3, -0.25) is 4.90 Å². The van der Waals surface area contributed by atoms with Crippen molar-refractivity contribution in [3.05, 3.63) is 46.5 Å². The monoisotopic (exact) mass is 429 g/mol. The van der Waals surface area contributed by atoms with E-state index in [0.29, 0.717) is 18.5 Å². The summed E-state index contributed by atoms with van der Waals surface area (Å²) in [5.74, 6) is 3.37. The molecule has 2 aliphatic rings. The number of likely N-dealkylation sites (tertiary alicyclic amines) is 1. The number of aromatic nitrogens is 3. The molecule has 0 bridgehead atoms. The third-order valence-corrected chi connectivity index (χ3v) is 6.37. The molecule has 2 atom stereocenters. The molecule has 2 unspecified atom stereocenters. The Balaban J connectivity index is 1.44. The average Bonchev–Trinajstić information content (AvgIpc) is 3.34. The first-order chi connectivity index (χ1) is 14.7. The maximum atomic E-state index is 6.28. The van der Waals surface area contributed by atoms with Crippen molar-refractivity contribution < 1.29 is 0 Å². The number of guanidine groups is 1. The fourth-order valence-corrected chi connectivity index (χ4v) is 4.94. The van der Waals surface area contributed by atoms with Crippen LogP contribution in [0.2, 0.25) is 5.02 Å². The summed E-state index contributed by atoms with van der Waals surface area (Å²) < 4.78 is 2.21. The van der Waals surface area contributed by atoms with Gasteiger partial charge >= 0.3 is 0 Å². The van der Waals surface area contributed by atoms with Crippen molar-refractivity contribution in [2.75, 3.05) is 26.7 Å². The van der Waals surface area contributed by atoms with Gasteiger partial charge in [-0.25, -0.2) is 4.99 Å². The molecular weight excluding hydrogens is 398 g/mol. The number of rotatable bonds is 6. The number of halogens is 1. The van der Waals surface area contributed by atoms with Gasteiger partial charge < -0.3 is 15.2 Å². The molecule has 7 nitrogen and oxygen atoms in total. The first-order valence-corrected chi connectivity index (χ1v) is 11.4. The topological polar surface area (TPSA) is 70.4 Å². The minimum Gasteiger partial charge on any atom is -0.357 e. The smallest absolute Gasteiger partial charge is 0.191 e. The lowest BCUT2D eigenvalue weighted by Gasteiger charge is -2.40. The molecule has 30 heavy (non-hydrogen) atoms. The number of aliphatic imine (C=N–C) groups is 1. The Bertz CT molecular complexity index is 878. The highest BCUT2D eigenvalue weighted by Crippen LogP contribution is 2.35. The van der Waals surface area contributed by atoms with E-state index in [1.165, 1.54) is 18.4 Å². The highest BCUT2D eigenvalue weighted by atomic mass is 35.5.